The molecule has 0 amide bonds. The molecule has 1 aliphatic rings. The van der Waals surface area contributed by atoms with Gasteiger partial charge < -0.3 is 9.47 Å². The Labute approximate surface area is 130 Å². The lowest BCUT2D eigenvalue weighted by Crippen LogP contribution is -2.04. The summed E-state index contributed by atoms with van der Waals surface area (Å²) >= 11 is 12.0. The fraction of sp³-hybridized carbons (Fsp3) is 0.231. The van der Waals surface area contributed by atoms with Crippen LogP contribution >= 0.6 is 23.2 Å². The number of halogens is 2. The molecule has 0 radical (unpaired) electrons. The van der Waals surface area contributed by atoms with E-state index in [-0.39, 0.29) is 39.1 Å². The highest BCUT2D eigenvalue weighted by Crippen LogP contribution is 2.37. The molecule has 1 aliphatic carbocycles. The van der Waals surface area contributed by atoms with Gasteiger partial charge in [0.05, 0.1) is 23.3 Å². The summed E-state index contributed by atoms with van der Waals surface area (Å²) in [7, 11) is 0. The first kappa shape index (κ1) is 16.8. The third-order valence-electron chi connectivity index (χ3n) is 2.25. The van der Waals surface area contributed by atoms with E-state index < -0.39 is 11.9 Å². The van der Waals surface area contributed by atoms with Crippen molar-refractivity contribution in [3.05, 3.63) is 32.7 Å². The van der Waals surface area contributed by atoms with Crippen molar-refractivity contribution in [1.82, 2.24) is 0 Å². The van der Waals surface area contributed by atoms with Crippen LogP contribution in [0.15, 0.2) is 32.7 Å². The maximum atomic E-state index is 11.1. The van der Waals surface area contributed by atoms with Crippen molar-refractivity contribution in [2.24, 2.45) is 0 Å². The summed E-state index contributed by atoms with van der Waals surface area (Å²) in [5.41, 5.74) is -0.154. The topological polar surface area (TPSA) is 100 Å². The van der Waals surface area contributed by atoms with E-state index in [0.717, 1.165) is 13.8 Å². The minimum Gasteiger partial charge on any atom is -0.424 e. The van der Waals surface area contributed by atoms with Gasteiger partial charge in [-0.15, -0.1) is 0 Å². The molecule has 1 rings (SSSR count). The second-order valence-electron chi connectivity index (χ2n) is 3.83. The lowest BCUT2D eigenvalue weighted by atomic mass is 10.1. The van der Waals surface area contributed by atoms with Crippen molar-refractivity contribution in [3.8, 4) is 12.1 Å². The van der Waals surface area contributed by atoms with Crippen LogP contribution in [0.3, 0.4) is 0 Å². The molecule has 0 bridgehead atoms. The van der Waals surface area contributed by atoms with Crippen LogP contribution in [0.1, 0.15) is 20.3 Å². The van der Waals surface area contributed by atoms with Crippen molar-refractivity contribution < 1.29 is 19.1 Å². The van der Waals surface area contributed by atoms with E-state index in [1.54, 1.807) is 12.1 Å². The third kappa shape index (κ3) is 3.85. The highest BCUT2D eigenvalue weighted by atomic mass is 35.5. The molecule has 108 valence electrons. The summed E-state index contributed by atoms with van der Waals surface area (Å²) in [6, 6.07) is 3.58. The lowest BCUT2D eigenvalue weighted by molar-refractivity contribution is -0.137. The molecule has 21 heavy (non-hydrogen) atoms. The number of carbonyl (C=O) groups is 2. The third-order valence-corrected chi connectivity index (χ3v) is 3.07. The number of hydrogen-bond acceptors (Lipinski definition) is 6. The van der Waals surface area contributed by atoms with Crippen molar-refractivity contribution >= 4 is 35.1 Å². The molecule has 0 aliphatic heterocycles. The first-order valence-electron chi connectivity index (χ1n) is 5.51. The van der Waals surface area contributed by atoms with Crippen LogP contribution in [0.2, 0.25) is 0 Å². The van der Waals surface area contributed by atoms with Crippen LogP contribution < -0.4 is 0 Å². The quantitative estimate of drug-likeness (QED) is 0.723. The molecule has 0 aromatic heterocycles. The Bertz CT molecular complexity index is 632. The summed E-state index contributed by atoms with van der Waals surface area (Å²) in [6.45, 7) is 2.24. The van der Waals surface area contributed by atoms with E-state index in [2.05, 4.69) is 0 Å². The minimum atomic E-state index is -0.713. The molecule has 0 N–H and O–H groups in total. The molecule has 0 saturated carbocycles. The van der Waals surface area contributed by atoms with Crippen LogP contribution in [-0.4, -0.2) is 11.9 Å². The number of allylic oxidation sites excluding steroid dienone is 4. The maximum Gasteiger partial charge on any atom is 0.308 e. The second-order valence-corrected chi connectivity index (χ2v) is 4.59. The summed E-state index contributed by atoms with van der Waals surface area (Å²) in [5.74, 6) is -1.94. The first-order chi connectivity index (χ1) is 9.81. The Kier molecular flexibility index (Phi) is 5.54. The van der Waals surface area contributed by atoms with Crippen LogP contribution in [0.25, 0.3) is 0 Å². The molecular formula is C13H8Cl2N2O4. The minimum absolute atomic E-state index is 0.0768. The number of rotatable bonds is 2. The van der Waals surface area contributed by atoms with Gasteiger partial charge in [-0.1, -0.05) is 23.2 Å². The average molecular weight is 327 g/mol. The number of esters is 2. The molecule has 0 aromatic carbocycles. The Hall–Kier alpha value is -2.28. The zero-order chi connectivity index (χ0) is 16.2. The Morgan fingerprint density at radius 3 is 1.52 bits per heavy atom. The molecule has 0 atom stereocenters. The van der Waals surface area contributed by atoms with E-state index in [0.29, 0.717) is 0 Å². The van der Waals surface area contributed by atoms with Gasteiger partial charge in [-0.05, 0) is 0 Å². The summed E-state index contributed by atoms with van der Waals surface area (Å²) in [4.78, 5) is 22.2. The highest BCUT2D eigenvalue weighted by Gasteiger charge is 2.28. The predicted molar refractivity (Wildman–Crippen MR) is 72.2 cm³/mol. The standard InChI is InChI=1S/C13H8Cl2N2O4/c1-6(18)20-12-8(4-16)3-9(5-17)13(21-7(2)19)11(15)10(12)14/h3H2,1-2H3. The van der Waals surface area contributed by atoms with Crippen LogP contribution in [0, 0.1) is 22.7 Å². The number of hydrogen-bond donors (Lipinski definition) is 0. The predicted octanol–water partition coefficient (Wildman–Crippen LogP) is 2.76. The molecule has 0 heterocycles. The summed E-state index contributed by atoms with van der Waals surface area (Å²) in [5, 5.41) is 17.7. The number of ether oxygens (including phenoxy) is 2. The van der Waals surface area contributed by atoms with Gasteiger partial charge in [0, 0.05) is 20.3 Å². The zero-order valence-corrected chi connectivity index (χ0v) is 12.5. The second kappa shape index (κ2) is 6.94. The van der Waals surface area contributed by atoms with Crippen molar-refractivity contribution in [2.45, 2.75) is 20.3 Å². The van der Waals surface area contributed by atoms with Gasteiger partial charge in [0.15, 0.2) is 11.5 Å². The van der Waals surface area contributed by atoms with E-state index in [1.807, 2.05) is 0 Å². The van der Waals surface area contributed by atoms with Crippen molar-refractivity contribution in [3.63, 3.8) is 0 Å². The molecule has 0 unspecified atom stereocenters. The highest BCUT2D eigenvalue weighted by molar-refractivity contribution is 6.42. The van der Waals surface area contributed by atoms with E-state index in [4.69, 9.17) is 43.2 Å². The van der Waals surface area contributed by atoms with Crippen LogP contribution in [0.4, 0.5) is 0 Å². The van der Waals surface area contributed by atoms with Crippen molar-refractivity contribution in [1.29, 1.82) is 10.5 Å². The van der Waals surface area contributed by atoms with Gasteiger partial charge in [0.25, 0.3) is 0 Å². The molecule has 6 nitrogen and oxygen atoms in total. The number of carbonyl (C=O) groups excluding carboxylic acids is 2. The van der Waals surface area contributed by atoms with Crippen LogP contribution in [-0.2, 0) is 19.1 Å². The molecule has 0 saturated heterocycles. The smallest absolute Gasteiger partial charge is 0.308 e. The van der Waals surface area contributed by atoms with Gasteiger partial charge in [-0.25, -0.2) is 0 Å². The van der Waals surface area contributed by atoms with Crippen molar-refractivity contribution in [2.75, 3.05) is 0 Å². The molecule has 8 heteroatoms. The number of nitrogens with zero attached hydrogens (tertiary/aromatic N) is 2. The molecule has 0 spiro atoms. The van der Waals surface area contributed by atoms with Gasteiger partial charge >= 0.3 is 11.9 Å². The van der Waals surface area contributed by atoms with Gasteiger partial charge in [-0.2, -0.15) is 10.5 Å². The van der Waals surface area contributed by atoms with Crippen LogP contribution in [0.5, 0.6) is 0 Å². The number of nitriles is 2. The fourth-order valence-corrected chi connectivity index (χ4v) is 1.96. The van der Waals surface area contributed by atoms with E-state index >= 15 is 0 Å². The molecule has 0 fully saturated rings. The maximum absolute atomic E-state index is 11.1. The summed E-state index contributed by atoms with van der Waals surface area (Å²) in [6.07, 6.45) is -0.231. The largest absolute Gasteiger partial charge is 0.424 e. The van der Waals surface area contributed by atoms with Gasteiger partial charge in [0.2, 0.25) is 0 Å². The fourth-order valence-electron chi connectivity index (χ4n) is 1.48. The Morgan fingerprint density at radius 2 is 1.29 bits per heavy atom. The Morgan fingerprint density at radius 1 is 0.952 bits per heavy atom. The first-order valence-corrected chi connectivity index (χ1v) is 6.26. The van der Waals surface area contributed by atoms with E-state index in [9.17, 15) is 9.59 Å². The zero-order valence-electron chi connectivity index (χ0n) is 11.0. The Balaban J connectivity index is 3.55. The normalized spacial score (nSPS) is 15.1. The molecular weight excluding hydrogens is 319 g/mol. The summed E-state index contributed by atoms with van der Waals surface area (Å²) < 4.78 is 9.74. The SMILES string of the molecule is CC(=O)OC1=C(C#N)CC(C#N)=C(OC(C)=O)C(Cl)=C1Cl. The monoisotopic (exact) mass is 326 g/mol. The van der Waals surface area contributed by atoms with Gasteiger partial charge in [-0.3, -0.25) is 9.59 Å². The lowest BCUT2D eigenvalue weighted by Gasteiger charge is -2.09. The average Bonchev–Trinajstić information content (AvgIpc) is 2.50. The molecule has 0 aromatic rings. The van der Waals surface area contributed by atoms with Gasteiger partial charge in [0.1, 0.15) is 10.1 Å². The van der Waals surface area contributed by atoms with E-state index in [1.165, 1.54) is 0 Å².